The van der Waals surface area contributed by atoms with Gasteiger partial charge < -0.3 is 4.90 Å². The maximum Gasteiger partial charge on any atom is 0.235 e. The molecule has 0 spiro atoms. The van der Waals surface area contributed by atoms with Crippen molar-refractivity contribution in [3.63, 3.8) is 0 Å². The van der Waals surface area contributed by atoms with E-state index in [-0.39, 0.29) is 5.75 Å². The fourth-order valence-electron chi connectivity index (χ4n) is 3.76. The van der Waals surface area contributed by atoms with E-state index in [0.717, 1.165) is 42.9 Å². The van der Waals surface area contributed by atoms with Gasteiger partial charge in [0, 0.05) is 13.1 Å². The molecule has 4 nitrogen and oxygen atoms in total. The summed E-state index contributed by atoms with van der Waals surface area (Å²) in [7, 11) is -3.31. The molecule has 0 saturated heterocycles. The number of aryl methyl sites for hydroxylation is 2. The van der Waals surface area contributed by atoms with E-state index >= 15 is 0 Å². The molecule has 2 aromatic carbocycles. The number of sulfonamides is 1. The van der Waals surface area contributed by atoms with Crippen LogP contribution >= 0.6 is 0 Å². The third-order valence-corrected chi connectivity index (χ3v) is 6.73. The molecular formula is C19H22N2O2S. The number of rotatable bonds is 4. The highest BCUT2D eigenvalue weighted by atomic mass is 32.2. The number of para-hydroxylation sites is 1. The third-order valence-electron chi connectivity index (χ3n) is 4.96. The van der Waals surface area contributed by atoms with Gasteiger partial charge in [-0.25, -0.2) is 8.42 Å². The minimum Gasteiger partial charge on any atom is -0.368 e. The van der Waals surface area contributed by atoms with Gasteiger partial charge in [0.15, 0.2) is 0 Å². The molecular weight excluding hydrogens is 320 g/mol. The second-order valence-corrected chi connectivity index (χ2v) is 8.51. The Morgan fingerprint density at radius 3 is 2.58 bits per heavy atom. The number of hydrogen-bond donors (Lipinski definition) is 0. The van der Waals surface area contributed by atoms with Gasteiger partial charge in [-0.2, -0.15) is 0 Å². The summed E-state index contributed by atoms with van der Waals surface area (Å²) < 4.78 is 27.5. The van der Waals surface area contributed by atoms with Gasteiger partial charge in [0.05, 0.1) is 23.7 Å². The normalized spacial score (nSPS) is 16.8. The first-order chi connectivity index (χ1) is 11.6. The van der Waals surface area contributed by atoms with E-state index < -0.39 is 10.0 Å². The maximum absolute atomic E-state index is 13.0. The summed E-state index contributed by atoms with van der Waals surface area (Å²) in [6.07, 6.45) is 2.74. The third kappa shape index (κ3) is 2.77. The van der Waals surface area contributed by atoms with Crippen LogP contribution in [0.15, 0.2) is 48.5 Å². The molecule has 4 rings (SSSR count). The molecule has 5 heteroatoms. The summed E-state index contributed by atoms with van der Waals surface area (Å²) in [6.45, 7) is 2.37. The highest BCUT2D eigenvalue weighted by molar-refractivity contribution is 7.92. The van der Waals surface area contributed by atoms with Crippen LogP contribution in [0.1, 0.15) is 17.5 Å². The van der Waals surface area contributed by atoms with Crippen molar-refractivity contribution in [1.29, 1.82) is 0 Å². The zero-order valence-electron chi connectivity index (χ0n) is 13.7. The van der Waals surface area contributed by atoms with Crippen LogP contribution in [0, 0.1) is 0 Å². The van der Waals surface area contributed by atoms with Crippen LogP contribution in [-0.4, -0.2) is 33.8 Å². The molecule has 0 atom stereocenters. The summed E-state index contributed by atoms with van der Waals surface area (Å²) in [4.78, 5) is 2.34. The molecule has 2 aromatic rings. The first-order valence-electron chi connectivity index (χ1n) is 8.56. The van der Waals surface area contributed by atoms with Gasteiger partial charge in [0.2, 0.25) is 10.0 Å². The molecule has 0 unspecified atom stereocenters. The lowest BCUT2D eigenvalue weighted by atomic mass is 9.99. The topological polar surface area (TPSA) is 40.6 Å². The van der Waals surface area contributed by atoms with Gasteiger partial charge in [0.1, 0.15) is 0 Å². The Balaban J connectivity index is 1.62. The van der Waals surface area contributed by atoms with Crippen molar-refractivity contribution in [2.75, 3.05) is 34.6 Å². The molecule has 0 aliphatic carbocycles. The van der Waals surface area contributed by atoms with Crippen LogP contribution in [0.2, 0.25) is 0 Å². The summed E-state index contributed by atoms with van der Waals surface area (Å²) >= 11 is 0. The Labute approximate surface area is 143 Å². The second kappa shape index (κ2) is 6.13. The van der Waals surface area contributed by atoms with E-state index in [0.29, 0.717) is 13.0 Å². The predicted octanol–water partition coefficient (Wildman–Crippen LogP) is 2.83. The average molecular weight is 342 g/mol. The second-order valence-electron chi connectivity index (χ2n) is 6.50. The number of anilines is 2. The molecule has 0 radical (unpaired) electrons. The standard InChI is InChI=1S/C19H22N2O2S/c22-24(23,15-11-16-6-2-1-3-7-16)21-14-13-20-12-5-9-17-8-4-10-18(21)19(17)20/h1-4,6-8,10H,5,9,11-15H2. The fourth-order valence-corrected chi connectivity index (χ4v) is 5.29. The van der Waals surface area contributed by atoms with Crippen molar-refractivity contribution in [2.24, 2.45) is 0 Å². The van der Waals surface area contributed by atoms with Gasteiger partial charge in [-0.3, -0.25) is 4.31 Å². The molecule has 0 aromatic heterocycles. The molecule has 2 aliphatic rings. The van der Waals surface area contributed by atoms with Crippen LogP contribution in [0.3, 0.4) is 0 Å². The number of nitrogens with zero attached hydrogens (tertiary/aromatic N) is 2. The van der Waals surface area contributed by atoms with E-state index in [1.165, 1.54) is 5.56 Å². The molecule has 24 heavy (non-hydrogen) atoms. The summed E-state index contributed by atoms with van der Waals surface area (Å²) in [5.41, 5.74) is 4.35. The van der Waals surface area contributed by atoms with Crippen LogP contribution in [0.4, 0.5) is 11.4 Å². The number of benzene rings is 2. The molecule has 0 bridgehead atoms. The first-order valence-corrected chi connectivity index (χ1v) is 10.2. The van der Waals surface area contributed by atoms with Gasteiger partial charge >= 0.3 is 0 Å². The van der Waals surface area contributed by atoms with E-state index in [9.17, 15) is 8.42 Å². The lowest BCUT2D eigenvalue weighted by Gasteiger charge is -2.41. The molecule has 0 N–H and O–H groups in total. The summed E-state index contributed by atoms with van der Waals surface area (Å²) in [6, 6.07) is 15.9. The zero-order valence-corrected chi connectivity index (χ0v) is 14.5. The Morgan fingerprint density at radius 1 is 0.917 bits per heavy atom. The monoisotopic (exact) mass is 342 g/mol. The molecule has 2 aliphatic heterocycles. The Kier molecular flexibility index (Phi) is 3.96. The Bertz CT molecular complexity index is 834. The van der Waals surface area contributed by atoms with E-state index in [4.69, 9.17) is 0 Å². The predicted molar refractivity (Wildman–Crippen MR) is 98.3 cm³/mol. The molecule has 0 amide bonds. The van der Waals surface area contributed by atoms with Gasteiger partial charge in [0.25, 0.3) is 0 Å². The van der Waals surface area contributed by atoms with E-state index in [2.05, 4.69) is 11.0 Å². The minimum absolute atomic E-state index is 0.153. The fraction of sp³-hybridized carbons (Fsp3) is 0.368. The maximum atomic E-state index is 13.0. The van der Waals surface area contributed by atoms with Crippen molar-refractivity contribution in [1.82, 2.24) is 0 Å². The quantitative estimate of drug-likeness (QED) is 0.858. The van der Waals surface area contributed by atoms with Crippen molar-refractivity contribution in [3.8, 4) is 0 Å². The van der Waals surface area contributed by atoms with Crippen LogP contribution in [0.5, 0.6) is 0 Å². The lowest BCUT2D eigenvalue weighted by Crippen LogP contribution is -2.46. The molecule has 0 saturated carbocycles. The van der Waals surface area contributed by atoms with E-state index in [1.54, 1.807) is 4.31 Å². The van der Waals surface area contributed by atoms with Gasteiger partial charge in [-0.1, -0.05) is 42.5 Å². The number of hydrogen-bond acceptors (Lipinski definition) is 3. The van der Waals surface area contributed by atoms with Crippen molar-refractivity contribution in [2.45, 2.75) is 19.3 Å². The van der Waals surface area contributed by atoms with Crippen molar-refractivity contribution < 1.29 is 8.42 Å². The SMILES string of the molecule is O=S(=O)(CCc1ccccc1)N1CCN2CCCc3cccc1c32. The molecule has 126 valence electrons. The average Bonchev–Trinajstić information content (AvgIpc) is 2.62. The van der Waals surface area contributed by atoms with Gasteiger partial charge in [-0.15, -0.1) is 0 Å². The largest absolute Gasteiger partial charge is 0.368 e. The van der Waals surface area contributed by atoms with Crippen LogP contribution < -0.4 is 9.21 Å². The molecule has 2 heterocycles. The van der Waals surface area contributed by atoms with Crippen molar-refractivity contribution >= 4 is 21.4 Å². The first kappa shape index (κ1) is 15.5. The van der Waals surface area contributed by atoms with Crippen LogP contribution in [-0.2, 0) is 22.9 Å². The van der Waals surface area contributed by atoms with E-state index in [1.807, 2.05) is 42.5 Å². The summed E-state index contributed by atoms with van der Waals surface area (Å²) in [5.74, 6) is 0.153. The van der Waals surface area contributed by atoms with Crippen molar-refractivity contribution in [3.05, 3.63) is 59.7 Å². The Hall–Kier alpha value is -2.01. The lowest BCUT2D eigenvalue weighted by molar-refractivity contribution is 0.585. The van der Waals surface area contributed by atoms with Gasteiger partial charge in [-0.05, 0) is 36.5 Å². The zero-order chi connectivity index (χ0) is 16.6. The van der Waals surface area contributed by atoms with Crippen LogP contribution in [0.25, 0.3) is 0 Å². The highest BCUT2D eigenvalue weighted by Crippen LogP contribution is 2.40. The summed E-state index contributed by atoms with van der Waals surface area (Å²) in [5, 5.41) is 0. The minimum atomic E-state index is -3.31. The smallest absolute Gasteiger partial charge is 0.235 e. The Morgan fingerprint density at radius 2 is 1.75 bits per heavy atom. The highest BCUT2D eigenvalue weighted by Gasteiger charge is 2.33. The molecule has 0 fully saturated rings.